The predicted octanol–water partition coefficient (Wildman–Crippen LogP) is 4.25. The first-order valence-electron chi connectivity index (χ1n) is 8.13. The van der Waals surface area contributed by atoms with Gasteiger partial charge in [0.15, 0.2) is 0 Å². The molecule has 4 nitrogen and oxygen atoms in total. The number of nitrogens with zero attached hydrogens (tertiary/aromatic N) is 1. The van der Waals surface area contributed by atoms with Gasteiger partial charge in [-0.05, 0) is 36.8 Å². The summed E-state index contributed by atoms with van der Waals surface area (Å²) in [4.78, 5) is 16.8. The number of hydrogen-bond acceptors (Lipinski definition) is 3. The van der Waals surface area contributed by atoms with Crippen molar-refractivity contribution in [1.29, 1.82) is 0 Å². The number of methoxy groups -OCH3 is 1. The van der Waals surface area contributed by atoms with Crippen LogP contribution >= 0.6 is 0 Å². The second kappa shape index (κ2) is 7.62. The van der Waals surface area contributed by atoms with Crippen LogP contribution in [0.2, 0.25) is 0 Å². The molecule has 0 bridgehead atoms. The molecule has 0 fully saturated rings. The Morgan fingerprint density at radius 2 is 1.84 bits per heavy atom. The molecular weight excluding hydrogens is 312 g/mol. The molecule has 1 N–H and O–H groups in total. The summed E-state index contributed by atoms with van der Waals surface area (Å²) in [7, 11) is 1.63. The summed E-state index contributed by atoms with van der Waals surface area (Å²) in [5, 5.41) is 2.99. The van der Waals surface area contributed by atoms with Crippen LogP contribution in [0.1, 0.15) is 28.9 Å². The molecule has 0 aliphatic carbocycles. The average Bonchev–Trinajstić information content (AvgIpc) is 2.68. The van der Waals surface area contributed by atoms with E-state index in [0.29, 0.717) is 5.56 Å². The number of carbonyl (C=O) groups is 1. The van der Waals surface area contributed by atoms with Gasteiger partial charge in [-0.25, -0.2) is 0 Å². The van der Waals surface area contributed by atoms with E-state index in [1.54, 1.807) is 19.4 Å². The summed E-state index contributed by atoms with van der Waals surface area (Å²) in [6.07, 6.45) is 1.60. The molecule has 3 rings (SSSR count). The number of rotatable bonds is 5. The van der Waals surface area contributed by atoms with E-state index in [0.717, 1.165) is 22.6 Å². The second-order valence-electron chi connectivity index (χ2n) is 5.77. The highest BCUT2D eigenvalue weighted by molar-refractivity contribution is 5.94. The maximum atomic E-state index is 12.4. The van der Waals surface area contributed by atoms with E-state index in [1.165, 1.54) is 0 Å². The molecule has 2 aromatic carbocycles. The molecule has 0 saturated heterocycles. The Balaban J connectivity index is 1.72. The Morgan fingerprint density at radius 3 is 2.52 bits per heavy atom. The van der Waals surface area contributed by atoms with E-state index in [-0.39, 0.29) is 11.9 Å². The second-order valence-corrected chi connectivity index (χ2v) is 5.77. The highest BCUT2D eigenvalue weighted by Crippen LogP contribution is 2.22. The summed E-state index contributed by atoms with van der Waals surface area (Å²) in [5.74, 6) is 0.638. The summed E-state index contributed by atoms with van der Waals surface area (Å²) >= 11 is 0. The van der Waals surface area contributed by atoms with Gasteiger partial charge in [0.2, 0.25) is 0 Å². The number of aromatic nitrogens is 1. The maximum Gasteiger partial charge on any atom is 0.253 e. The quantitative estimate of drug-likeness (QED) is 0.760. The SMILES string of the molecule is COc1cccc(-c2ccc(C(=O)NC(C)c3ccccc3)cn2)c1. The van der Waals surface area contributed by atoms with E-state index in [2.05, 4.69) is 10.3 Å². The van der Waals surface area contributed by atoms with Gasteiger partial charge in [-0.3, -0.25) is 9.78 Å². The van der Waals surface area contributed by atoms with Crippen molar-refractivity contribution >= 4 is 5.91 Å². The highest BCUT2D eigenvalue weighted by Gasteiger charge is 2.12. The predicted molar refractivity (Wildman–Crippen MR) is 98.5 cm³/mol. The molecule has 126 valence electrons. The zero-order chi connectivity index (χ0) is 17.6. The fourth-order valence-corrected chi connectivity index (χ4v) is 2.59. The molecule has 1 amide bonds. The average molecular weight is 332 g/mol. The van der Waals surface area contributed by atoms with Gasteiger partial charge in [0, 0.05) is 11.8 Å². The summed E-state index contributed by atoms with van der Waals surface area (Å²) in [6.45, 7) is 1.96. The van der Waals surface area contributed by atoms with Crippen molar-refractivity contribution in [2.45, 2.75) is 13.0 Å². The minimum atomic E-state index is -0.138. The highest BCUT2D eigenvalue weighted by atomic mass is 16.5. The molecule has 1 unspecified atom stereocenters. The van der Waals surface area contributed by atoms with Crippen molar-refractivity contribution in [3.05, 3.63) is 84.1 Å². The lowest BCUT2D eigenvalue weighted by Gasteiger charge is -2.14. The topological polar surface area (TPSA) is 51.2 Å². The van der Waals surface area contributed by atoms with Gasteiger partial charge in [0.05, 0.1) is 24.4 Å². The first kappa shape index (κ1) is 16.7. The molecular formula is C21H20N2O2. The van der Waals surface area contributed by atoms with Gasteiger partial charge < -0.3 is 10.1 Å². The molecule has 1 heterocycles. The van der Waals surface area contributed by atoms with Crippen molar-refractivity contribution in [3.63, 3.8) is 0 Å². The van der Waals surface area contributed by atoms with E-state index in [9.17, 15) is 4.79 Å². The lowest BCUT2D eigenvalue weighted by molar-refractivity contribution is 0.0939. The summed E-state index contributed by atoms with van der Waals surface area (Å²) in [5.41, 5.74) is 3.35. The standard InChI is InChI=1S/C21H20N2O2/c1-15(16-7-4-3-5-8-16)23-21(24)18-11-12-20(22-14-18)17-9-6-10-19(13-17)25-2/h3-15H,1-2H3,(H,23,24). The van der Waals surface area contributed by atoms with Crippen LogP contribution in [0, 0.1) is 0 Å². The van der Waals surface area contributed by atoms with Gasteiger partial charge in [0.1, 0.15) is 5.75 Å². The molecule has 1 atom stereocenters. The number of hydrogen-bond donors (Lipinski definition) is 1. The number of amides is 1. The summed E-state index contributed by atoms with van der Waals surface area (Å²) in [6, 6.07) is 21.1. The molecule has 0 aliphatic heterocycles. The molecule has 0 radical (unpaired) electrons. The van der Waals surface area contributed by atoms with E-state index < -0.39 is 0 Å². The fourth-order valence-electron chi connectivity index (χ4n) is 2.59. The number of nitrogens with one attached hydrogen (secondary N) is 1. The smallest absolute Gasteiger partial charge is 0.253 e. The fraction of sp³-hybridized carbons (Fsp3) is 0.143. The van der Waals surface area contributed by atoms with Crippen LogP contribution in [-0.4, -0.2) is 18.0 Å². The molecule has 0 spiro atoms. The van der Waals surface area contributed by atoms with Gasteiger partial charge in [-0.2, -0.15) is 0 Å². The lowest BCUT2D eigenvalue weighted by atomic mass is 10.1. The molecule has 0 aliphatic rings. The zero-order valence-electron chi connectivity index (χ0n) is 14.3. The number of pyridine rings is 1. The molecule has 4 heteroatoms. The van der Waals surface area contributed by atoms with Crippen molar-refractivity contribution in [2.75, 3.05) is 7.11 Å². The largest absolute Gasteiger partial charge is 0.497 e. The zero-order valence-corrected chi connectivity index (χ0v) is 14.3. The van der Waals surface area contributed by atoms with Gasteiger partial charge in [-0.15, -0.1) is 0 Å². The number of benzene rings is 2. The third-order valence-electron chi connectivity index (χ3n) is 4.04. The van der Waals surface area contributed by atoms with Crippen molar-refractivity contribution in [2.24, 2.45) is 0 Å². The Labute approximate surface area is 147 Å². The van der Waals surface area contributed by atoms with E-state index >= 15 is 0 Å². The Hall–Kier alpha value is -3.14. The minimum Gasteiger partial charge on any atom is -0.497 e. The summed E-state index contributed by atoms with van der Waals surface area (Å²) < 4.78 is 5.23. The number of carbonyl (C=O) groups excluding carboxylic acids is 1. The Bertz CT molecular complexity index is 845. The minimum absolute atomic E-state index is 0.0632. The first-order valence-corrected chi connectivity index (χ1v) is 8.13. The van der Waals surface area contributed by atoms with Crippen LogP contribution in [0.3, 0.4) is 0 Å². The van der Waals surface area contributed by atoms with Crippen LogP contribution in [0.4, 0.5) is 0 Å². The van der Waals surface area contributed by atoms with Crippen LogP contribution in [0.15, 0.2) is 72.9 Å². The first-order chi connectivity index (χ1) is 12.2. The third kappa shape index (κ3) is 4.04. The van der Waals surface area contributed by atoms with Crippen LogP contribution < -0.4 is 10.1 Å². The number of ether oxygens (including phenoxy) is 1. The molecule has 1 aromatic heterocycles. The van der Waals surface area contributed by atoms with Crippen LogP contribution in [-0.2, 0) is 0 Å². The van der Waals surface area contributed by atoms with Gasteiger partial charge in [-0.1, -0.05) is 42.5 Å². The van der Waals surface area contributed by atoms with Gasteiger partial charge >= 0.3 is 0 Å². The van der Waals surface area contributed by atoms with E-state index in [4.69, 9.17) is 4.74 Å². The Kier molecular flexibility index (Phi) is 5.09. The van der Waals surface area contributed by atoms with Crippen molar-refractivity contribution < 1.29 is 9.53 Å². The molecule has 25 heavy (non-hydrogen) atoms. The maximum absolute atomic E-state index is 12.4. The third-order valence-corrected chi connectivity index (χ3v) is 4.04. The molecule has 0 saturated carbocycles. The lowest BCUT2D eigenvalue weighted by Crippen LogP contribution is -2.26. The normalized spacial score (nSPS) is 11.6. The van der Waals surface area contributed by atoms with Gasteiger partial charge in [0.25, 0.3) is 5.91 Å². The Morgan fingerprint density at radius 1 is 1.04 bits per heavy atom. The van der Waals surface area contributed by atoms with E-state index in [1.807, 2.05) is 67.6 Å². The molecule has 3 aromatic rings. The van der Waals surface area contributed by atoms with Crippen molar-refractivity contribution in [1.82, 2.24) is 10.3 Å². The van der Waals surface area contributed by atoms with Crippen molar-refractivity contribution in [3.8, 4) is 17.0 Å². The van der Waals surface area contributed by atoms with Crippen LogP contribution in [0.5, 0.6) is 5.75 Å². The van der Waals surface area contributed by atoms with Crippen LogP contribution in [0.25, 0.3) is 11.3 Å². The monoisotopic (exact) mass is 332 g/mol.